The Hall–Kier alpha value is -1.16. The molecule has 18 heavy (non-hydrogen) atoms. The van der Waals surface area contributed by atoms with E-state index in [1.165, 1.54) is 18.9 Å². The lowest BCUT2D eigenvalue weighted by molar-refractivity contribution is 0.273. The maximum Gasteiger partial charge on any atom is 0.182 e. The van der Waals surface area contributed by atoms with E-state index in [1.54, 1.807) is 12.1 Å². The summed E-state index contributed by atoms with van der Waals surface area (Å²) in [6.07, 6.45) is 3.42. The highest BCUT2D eigenvalue weighted by Crippen LogP contribution is 2.27. The van der Waals surface area contributed by atoms with Crippen LogP contribution in [0, 0.1) is 11.6 Å². The molecule has 2 fully saturated rings. The molecule has 4 heteroatoms. The first-order valence-electron chi connectivity index (χ1n) is 6.69. The van der Waals surface area contributed by atoms with E-state index in [0.717, 1.165) is 32.6 Å². The van der Waals surface area contributed by atoms with Crippen LogP contribution < -0.4 is 4.90 Å². The van der Waals surface area contributed by atoms with E-state index in [9.17, 15) is 8.78 Å². The van der Waals surface area contributed by atoms with Gasteiger partial charge in [0.2, 0.25) is 0 Å². The second-order valence-corrected chi connectivity index (χ2v) is 5.20. The molecule has 0 aliphatic carbocycles. The number of benzene rings is 1. The largest absolute Gasteiger partial charge is 0.367 e. The van der Waals surface area contributed by atoms with Crippen molar-refractivity contribution in [3.63, 3.8) is 0 Å². The minimum absolute atomic E-state index is 0.420. The van der Waals surface area contributed by atoms with Crippen molar-refractivity contribution in [3.8, 4) is 0 Å². The van der Waals surface area contributed by atoms with Gasteiger partial charge in [-0.1, -0.05) is 6.07 Å². The number of nitrogens with zero attached hydrogens (tertiary/aromatic N) is 2. The molecule has 0 saturated carbocycles. The predicted octanol–water partition coefficient (Wildman–Crippen LogP) is 2.64. The Labute approximate surface area is 106 Å². The first kappa shape index (κ1) is 11.9. The molecule has 0 N–H and O–H groups in total. The van der Waals surface area contributed by atoms with Crippen LogP contribution >= 0.6 is 0 Å². The average molecular weight is 252 g/mol. The Morgan fingerprint density at radius 2 is 1.89 bits per heavy atom. The van der Waals surface area contributed by atoms with Crippen LogP contribution in [0.3, 0.4) is 0 Å². The van der Waals surface area contributed by atoms with Gasteiger partial charge in [0.05, 0.1) is 5.69 Å². The fraction of sp³-hybridized carbons (Fsp3) is 0.571. The van der Waals surface area contributed by atoms with Gasteiger partial charge in [0.25, 0.3) is 0 Å². The molecule has 0 aromatic heterocycles. The van der Waals surface area contributed by atoms with Gasteiger partial charge in [-0.2, -0.15) is 0 Å². The zero-order valence-electron chi connectivity index (χ0n) is 10.4. The number of rotatable bonds is 1. The highest BCUT2D eigenvalue weighted by atomic mass is 19.2. The summed E-state index contributed by atoms with van der Waals surface area (Å²) < 4.78 is 27.1. The summed E-state index contributed by atoms with van der Waals surface area (Å²) >= 11 is 0. The van der Waals surface area contributed by atoms with Gasteiger partial charge in [-0.05, 0) is 37.9 Å². The molecule has 1 atom stereocenters. The van der Waals surface area contributed by atoms with Crippen LogP contribution in [-0.2, 0) is 0 Å². The van der Waals surface area contributed by atoms with E-state index in [2.05, 4.69) is 4.90 Å². The summed E-state index contributed by atoms with van der Waals surface area (Å²) in [6, 6.07) is 4.96. The lowest BCUT2D eigenvalue weighted by Crippen LogP contribution is -2.37. The molecule has 2 heterocycles. The Morgan fingerprint density at radius 1 is 1.06 bits per heavy atom. The molecule has 1 unspecified atom stereocenters. The van der Waals surface area contributed by atoms with Gasteiger partial charge in [0.15, 0.2) is 11.6 Å². The summed E-state index contributed by atoms with van der Waals surface area (Å²) in [5, 5.41) is 0. The van der Waals surface area contributed by atoms with Crippen LogP contribution in [0.2, 0.25) is 0 Å². The molecular formula is C14H18F2N2. The quantitative estimate of drug-likeness (QED) is 0.758. The van der Waals surface area contributed by atoms with Crippen LogP contribution in [0.1, 0.15) is 19.3 Å². The molecule has 2 aliphatic heterocycles. The maximum atomic E-state index is 13.8. The van der Waals surface area contributed by atoms with Gasteiger partial charge in [-0.25, -0.2) is 8.78 Å². The minimum Gasteiger partial charge on any atom is -0.367 e. The second-order valence-electron chi connectivity index (χ2n) is 5.20. The molecule has 0 radical (unpaired) electrons. The van der Waals surface area contributed by atoms with Gasteiger partial charge in [-0.3, -0.25) is 4.90 Å². The molecule has 0 amide bonds. The average Bonchev–Trinajstić information content (AvgIpc) is 2.70. The second kappa shape index (κ2) is 4.84. The van der Waals surface area contributed by atoms with Crippen molar-refractivity contribution in [3.05, 3.63) is 29.8 Å². The molecule has 2 nitrogen and oxygen atoms in total. The van der Waals surface area contributed by atoms with Crippen molar-refractivity contribution >= 4 is 5.69 Å². The highest BCUT2D eigenvalue weighted by Gasteiger charge is 2.29. The van der Waals surface area contributed by atoms with Crippen molar-refractivity contribution in [2.24, 2.45) is 0 Å². The maximum absolute atomic E-state index is 13.8. The molecular weight excluding hydrogens is 234 g/mol. The third-order valence-electron chi connectivity index (χ3n) is 4.08. The number of halogens is 2. The first-order chi connectivity index (χ1) is 8.75. The van der Waals surface area contributed by atoms with Crippen LogP contribution in [0.15, 0.2) is 18.2 Å². The zero-order chi connectivity index (χ0) is 12.5. The number of fused-ring (bicyclic) bond motifs is 1. The Balaban J connectivity index is 1.85. The van der Waals surface area contributed by atoms with E-state index in [0.29, 0.717) is 11.7 Å². The third kappa shape index (κ3) is 2.09. The normalized spacial score (nSPS) is 25.0. The van der Waals surface area contributed by atoms with Crippen LogP contribution in [0.4, 0.5) is 14.5 Å². The molecule has 0 spiro atoms. The van der Waals surface area contributed by atoms with Gasteiger partial charge < -0.3 is 4.90 Å². The zero-order valence-corrected chi connectivity index (χ0v) is 10.4. The smallest absolute Gasteiger partial charge is 0.182 e. The monoisotopic (exact) mass is 252 g/mol. The summed E-state index contributed by atoms with van der Waals surface area (Å²) in [5.74, 6) is -1.45. The van der Waals surface area contributed by atoms with E-state index < -0.39 is 11.6 Å². The van der Waals surface area contributed by atoms with Gasteiger partial charge in [0.1, 0.15) is 0 Å². The topological polar surface area (TPSA) is 6.48 Å². The third-order valence-corrected chi connectivity index (χ3v) is 4.08. The van der Waals surface area contributed by atoms with Crippen molar-refractivity contribution in [2.45, 2.75) is 25.3 Å². The molecule has 2 aliphatic rings. The lowest BCUT2D eigenvalue weighted by atomic mass is 10.2. The SMILES string of the molecule is Fc1cccc(N2CCCN3CCCC3C2)c1F. The van der Waals surface area contributed by atoms with E-state index in [1.807, 2.05) is 4.90 Å². The standard InChI is InChI=1S/C14H18F2N2/c15-12-5-1-6-13(14(12)16)18-9-3-8-17-7-2-4-11(17)10-18/h1,5-6,11H,2-4,7-10H2. The Kier molecular flexibility index (Phi) is 3.20. The van der Waals surface area contributed by atoms with Crippen LogP contribution in [0.25, 0.3) is 0 Å². The first-order valence-corrected chi connectivity index (χ1v) is 6.69. The predicted molar refractivity (Wildman–Crippen MR) is 67.8 cm³/mol. The molecule has 1 aromatic rings. The molecule has 98 valence electrons. The van der Waals surface area contributed by atoms with Gasteiger partial charge in [-0.15, -0.1) is 0 Å². The summed E-state index contributed by atoms with van der Waals surface area (Å²) in [6.45, 7) is 3.87. The fourth-order valence-electron chi connectivity index (χ4n) is 3.16. The van der Waals surface area contributed by atoms with Gasteiger partial charge in [0, 0.05) is 25.7 Å². The van der Waals surface area contributed by atoms with Crippen molar-refractivity contribution in [1.82, 2.24) is 4.90 Å². The van der Waals surface area contributed by atoms with Crippen molar-refractivity contribution in [2.75, 3.05) is 31.1 Å². The summed E-state index contributed by atoms with van der Waals surface area (Å²) in [7, 11) is 0. The highest BCUT2D eigenvalue weighted by molar-refractivity contribution is 5.48. The summed E-state index contributed by atoms with van der Waals surface area (Å²) in [4.78, 5) is 4.49. The molecule has 3 rings (SSSR count). The van der Waals surface area contributed by atoms with Gasteiger partial charge >= 0.3 is 0 Å². The van der Waals surface area contributed by atoms with E-state index >= 15 is 0 Å². The lowest BCUT2D eigenvalue weighted by Gasteiger charge is -2.27. The van der Waals surface area contributed by atoms with Crippen molar-refractivity contribution in [1.29, 1.82) is 0 Å². The van der Waals surface area contributed by atoms with Crippen LogP contribution in [0.5, 0.6) is 0 Å². The molecule has 2 saturated heterocycles. The number of hydrogen-bond donors (Lipinski definition) is 0. The van der Waals surface area contributed by atoms with Crippen molar-refractivity contribution < 1.29 is 8.78 Å². The summed E-state index contributed by atoms with van der Waals surface area (Å²) in [5.41, 5.74) is 0.420. The Morgan fingerprint density at radius 3 is 2.78 bits per heavy atom. The minimum atomic E-state index is -0.750. The van der Waals surface area contributed by atoms with Crippen LogP contribution in [-0.4, -0.2) is 37.1 Å². The van der Waals surface area contributed by atoms with E-state index in [-0.39, 0.29) is 0 Å². The Bertz CT molecular complexity index is 436. The molecule has 1 aromatic carbocycles. The number of hydrogen-bond acceptors (Lipinski definition) is 2. The van der Waals surface area contributed by atoms with E-state index in [4.69, 9.17) is 0 Å². The fourth-order valence-corrected chi connectivity index (χ4v) is 3.16. The molecule has 0 bridgehead atoms. The number of anilines is 1.